The van der Waals surface area contributed by atoms with Gasteiger partial charge in [0.2, 0.25) is 21.9 Å². The quantitative estimate of drug-likeness (QED) is 0.516. The molecule has 2 saturated heterocycles. The van der Waals surface area contributed by atoms with Crippen molar-refractivity contribution in [2.75, 3.05) is 42.5 Å². The molecule has 2 aromatic rings. The summed E-state index contributed by atoms with van der Waals surface area (Å²) in [6, 6.07) is 5.95. The van der Waals surface area contributed by atoms with Crippen molar-refractivity contribution in [2.45, 2.75) is 49.9 Å². The van der Waals surface area contributed by atoms with E-state index in [-0.39, 0.29) is 61.0 Å². The van der Waals surface area contributed by atoms with Crippen LogP contribution in [0.25, 0.3) is 0 Å². The van der Waals surface area contributed by atoms with Crippen LogP contribution in [0, 0.1) is 0 Å². The number of nitrogens with one attached hydrogen (secondary N) is 1. The number of carbonyl (C=O) groups excluding carboxylic acids is 2. The average Bonchev–Trinajstić information content (AvgIpc) is 3.21. The predicted octanol–water partition coefficient (Wildman–Crippen LogP) is 3.29. The van der Waals surface area contributed by atoms with Gasteiger partial charge in [-0.1, -0.05) is 11.6 Å². The second kappa shape index (κ2) is 11.0. The maximum absolute atomic E-state index is 13.2. The second-order valence-corrected chi connectivity index (χ2v) is 12.6. The number of halogens is 4. The highest BCUT2D eigenvalue weighted by Crippen LogP contribution is 2.31. The van der Waals surface area contributed by atoms with Crippen molar-refractivity contribution in [1.82, 2.24) is 19.6 Å². The van der Waals surface area contributed by atoms with E-state index in [0.717, 1.165) is 0 Å². The number of hydrogen-bond donors (Lipinski definition) is 1. The molecule has 2 aliphatic heterocycles. The van der Waals surface area contributed by atoms with Crippen molar-refractivity contribution in [2.24, 2.45) is 0 Å². The Kier molecular flexibility index (Phi) is 8.20. The molecule has 2 aliphatic rings. The van der Waals surface area contributed by atoms with E-state index in [4.69, 9.17) is 16.3 Å². The predicted molar refractivity (Wildman–Crippen MR) is 140 cm³/mol. The summed E-state index contributed by atoms with van der Waals surface area (Å²) in [5.74, 6) is -0.458. The molecule has 40 heavy (non-hydrogen) atoms. The normalized spacial score (nSPS) is 19.2. The van der Waals surface area contributed by atoms with Gasteiger partial charge < -0.3 is 19.9 Å². The van der Waals surface area contributed by atoms with E-state index in [1.807, 2.05) is 0 Å². The lowest BCUT2D eigenvalue weighted by atomic mass is 10.2. The first-order valence-electron chi connectivity index (χ1n) is 12.3. The van der Waals surface area contributed by atoms with E-state index in [1.54, 1.807) is 20.8 Å². The zero-order valence-corrected chi connectivity index (χ0v) is 23.5. The highest BCUT2D eigenvalue weighted by Gasteiger charge is 2.36. The molecule has 0 aliphatic carbocycles. The molecule has 0 radical (unpaired) electrons. The number of nitrogens with zero attached hydrogens (tertiary/aromatic N) is 5. The van der Waals surface area contributed by atoms with Gasteiger partial charge in [0.05, 0.1) is 10.9 Å². The van der Waals surface area contributed by atoms with Crippen molar-refractivity contribution in [3.63, 3.8) is 0 Å². The van der Waals surface area contributed by atoms with Crippen LogP contribution in [0.4, 0.5) is 29.6 Å². The Labute approximate surface area is 234 Å². The number of alkyl carbamates (subject to hydrolysis) is 1. The Morgan fingerprint density at radius 3 is 2.27 bits per heavy atom. The first kappa shape index (κ1) is 29.8. The van der Waals surface area contributed by atoms with E-state index < -0.39 is 39.6 Å². The van der Waals surface area contributed by atoms with Gasteiger partial charge >= 0.3 is 12.3 Å². The molecule has 1 N–H and O–H groups in total. The summed E-state index contributed by atoms with van der Waals surface area (Å²) in [6.07, 6.45) is -5.26. The Morgan fingerprint density at radius 2 is 1.70 bits per heavy atom. The zero-order chi connectivity index (χ0) is 29.5. The summed E-state index contributed by atoms with van der Waals surface area (Å²) in [6.45, 7) is 5.49. The molecule has 2 fully saturated rings. The maximum atomic E-state index is 13.2. The number of aromatic nitrogens is 2. The lowest BCUT2D eigenvalue weighted by molar-refractivity contribution is -0.141. The first-order chi connectivity index (χ1) is 18.5. The van der Waals surface area contributed by atoms with Crippen molar-refractivity contribution in [1.29, 1.82) is 0 Å². The van der Waals surface area contributed by atoms with Crippen LogP contribution in [-0.4, -0.2) is 79.1 Å². The third-order valence-corrected chi connectivity index (χ3v) is 8.23. The molecular weight excluding hydrogens is 577 g/mol. The fourth-order valence-electron chi connectivity index (χ4n) is 4.30. The Bertz CT molecular complexity index is 1380. The molecule has 1 aromatic heterocycles. The van der Waals surface area contributed by atoms with Crippen LogP contribution in [0.15, 0.2) is 35.2 Å². The molecule has 1 unspecified atom stereocenters. The van der Waals surface area contributed by atoms with Crippen LogP contribution in [0.2, 0.25) is 5.15 Å². The molecule has 2 amide bonds. The number of ether oxygens (including phenoxy) is 1. The van der Waals surface area contributed by atoms with Gasteiger partial charge in [0.15, 0.2) is 5.69 Å². The van der Waals surface area contributed by atoms with Gasteiger partial charge in [-0.3, -0.25) is 4.79 Å². The van der Waals surface area contributed by atoms with Crippen molar-refractivity contribution < 1.29 is 35.9 Å². The van der Waals surface area contributed by atoms with Crippen LogP contribution in [0.1, 0.15) is 32.9 Å². The molecule has 4 rings (SSSR count). The molecule has 0 spiro atoms. The summed E-state index contributed by atoms with van der Waals surface area (Å²) in [7, 11) is -3.92. The number of alkyl halides is 3. The van der Waals surface area contributed by atoms with E-state index in [1.165, 1.54) is 38.4 Å². The van der Waals surface area contributed by atoms with E-state index in [9.17, 15) is 31.2 Å². The van der Waals surface area contributed by atoms with E-state index >= 15 is 0 Å². The topological polar surface area (TPSA) is 125 Å². The van der Waals surface area contributed by atoms with E-state index in [0.29, 0.717) is 11.8 Å². The number of piperazine rings is 1. The zero-order valence-electron chi connectivity index (χ0n) is 21.9. The van der Waals surface area contributed by atoms with Gasteiger partial charge in [-0.05, 0) is 45.0 Å². The molecule has 0 bridgehead atoms. The average molecular weight is 605 g/mol. The highest BCUT2D eigenvalue weighted by molar-refractivity contribution is 7.89. The van der Waals surface area contributed by atoms with Crippen molar-refractivity contribution in [3.8, 4) is 0 Å². The molecule has 1 atom stereocenters. The van der Waals surface area contributed by atoms with E-state index in [2.05, 4.69) is 15.3 Å². The number of benzene rings is 1. The smallest absolute Gasteiger partial charge is 0.433 e. The molecule has 16 heteroatoms. The lowest BCUT2D eigenvalue weighted by Gasteiger charge is -2.34. The summed E-state index contributed by atoms with van der Waals surface area (Å²) in [5.41, 5.74) is -1.39. The fraction of sp³-hybridized carbons (Fsp3) is 0.500. The SMILES string of the molecule is CC(C)(C)OC(=O)NC1CC(=O)N(c2ccc(S(=O)(=O)N3CCN(c4nc(Cl)cc(C(F)(F)F)n4)CC3)cc2)C1. The molecular formula is C24H28ClF3N6O5S. The third-order valence-electron chi connectivity index (χ3n) is 6.13. The van der Waals surface area contributed by atoms with Crippen molar-refractivity contribution >= 4 is 45.3 Å². The summed E-state index contributed by atoms with van der Waals surface area (Å²) >= 11 is 5.75. The Hall–Kier alpha value is -3.17. The third kappa shape index (κ3) is 6.93. The minimum Gasteiger partial charge on any atom is -0.444 e. The number of rotatable bonds is 5. The molecule has 3 heterocycles. The molecule has 0 saturated carbocycles. The van der Waals surface area contributed by atoms with Gasteiger partial charge in [0.1, 0.15) is 10.8 Å². The highest BCUT2D eigenvalue weighted by atomic mass is 35.5. The summed E-state index contributed by atoms with van der Waals surface area (Å²) in [5, 5.41) is 2.31. The number of hydrogen-bond acceptors (Lipinski definition) is 8. The Balaban J connectivity index is 1.38. The fourth-order valence-corrected chi connectivity index (χ4v) is 5.90. The maximum Gasteiger partial charge on any atom is 0.433 e. The summed E-state index contributed by atoms with van der Waals surface area (Å²) < 4.78 is 72.2. The molecule has 11 nitrogen and oxygen atoms in total. The lowest BCUT2D eigenvalue weighted by Crippen LogP contribution is -2.49. The minimum atomic E-state index is -4.70. The van der Waals surface area contributed by atoms with Gasteiger partial charge in [0.25, 0.3) is 0 Å². The summed E-state index contributed by atoms with van der Waals surface area (Å²) in [4.78, 5) is 34.9. The Morgan fingerprint density at radius 1 is 1.07 bits per heavy atom. The van der Waals surface area contributed by atoms with Gasteiger partial charge in [-0.2, -0.15) is 17.5 Å². The monoisotopic (exact) mass is 604 g/mol. The van der Waals surface area contributed by atoms with Crippen LogP contribution in [0.3, 0.4) is 0 Å². The standard InChI is InChI=1S/C24H28ClF3N6O5S/c1-23(2,3)39-22(36)29-15-12-20(35)34(14-15)16-4-6-17(7-5-16)40(37,38)33-10-8-32(9-11-33)21-30-18(24(26,27)28)13-19(25)31-21/h4-7,13,15H,8-12,14H2,1-3H3,(H,29,36). The van der Waals surface area contributed by atoms with Crippen LogP contribution < -0.4 is 15.1 Å². The number of amides is 2. The van der Waals surface area contributed by atoms with Gasteiger partial charge in [-0.25, -0.2) is 23.2 Å². The number of sulfonamides is 1. The number of carbonyl (C=O) groups is 2. The largest absolute Gasteiger partial charge is 0.444 e. The molecule has 1 aromatic carbocycles. The number of anilines is 2. The first-order valence-corrected chi connectivity index (χ1v) is 14.1. The minimum absolute atomic E-state index is 0.00172. The van der Waals surface area contributed by atoms with Gasteiger partial charge in [0, 0.05) is 50.9 Å². The van der Waals surface area contributed by atoms with Crippen LogP contribution in [0.5, 0.6) is 0 Å². The van der Waals surface area contributed by atoms with Crippen molar-refractivity contribution in [3.05, 3.63) is 41.2 Å². The van der Waals surface area contributed by atoms with Crippen LogP contribution in [-0.2, 0) is 25.7 Å². The second-order valence-electron chi connectivity index (χ2n) is 10.3. The van der Waals surface area contributed by atoms with Gasteiger partial charge in [-0.15, -0.1) is 0 Å². The van der Waals surface area contributed by atoms with Crippen LogP contribution >= 0.6 is 11.6 Å². The molecule has 218 valence electrons.